The molecule has 1 amide bonds. The highest BCUT2D eigenvalue weighted by molar-refractivity contribution is 6.04. The summed E-state index contributed by atoms with van der Waals surface area (Å²) in [6, 6.07) is 9.92. The Kier molecular flexibility index (Phi) is 4.17. The van der Waals surface area contributed by atoms with Gasteiger partial charge in [0, 0.05) is 31.7 Å². The minimum absolute atomic E-state index is 0.0906. The van der Waals surface area contributed by atoms with E-state index in [1.165, 1.54) is 17.5 Å². The summed E-state index contributed by atoms with van der Waals surface area (Å²) in [5.41, 5.74) is 4.50. The highest BCUT2D eigenvalue weighted by Gasteiger charge is 2.15. The van der Waals surface area contributed by atoms with Crippen molar-refractivity contribution in [1.82, 2.24) is 10.3 Å². The van der Waals surface area contributed by atoms with Gasteiger partial charge in [-0.3, -0.25) is 4.79 Å². The summed E-state index contributed by atoms with van der Waals surface area (Å²) in [5, 5.41) is 6.24. The number of pyridine rings is 1. The first-order valence-electron chi connectivity index (χ1n) is 8.64. The summed E-state index contributed by atoms with van der Waals surface area (Å²) in [6.07, 6.45) is 5.24. The number of hydrogen-bond donors (Lipinski definition) is 2. The minimum Gasteiger partial charge on any atom is -0.368 e. The van der Waals surface area contributed by atoms with Gasteiger partial charge >= 0.3 is 0 Å². The molecule has 5 heteroatoms. The van der Waals surface area contributed by atoms with Crippen LogP contribution in [0.1, 0.15) is 27.9 Å². The van der Waals surface area contributed by atoms with Gasteiger partial charge in [0.05, 0.1) is 11.9 Å². The molecule has 1 aliphatic carbocycles. The maximum Gasteiger partial charge on any atom is 0.256 e. The average molecular weight is 322 g/mol. The third-order valence-corrected chi connectivity index (χ3v) is 4.83. The van der Waals surface area contributed by atoms with E-state index in [1.807, 2.05) is 30.5 Å². The van der Waals surface area contributed by atoms with E-state index in [0.29, 0.717) is 11.4 Å². The summed E-state index contributed by atoms with van der Waals surface area (Å²) in [7, 11) is 0. The molecule has 0 atom stereocenters. The van der Waals surface area contributed by atoms with E-state index in [4.69, 9.17) is 0 Å². The predicted molar refractivity (Wildman–Crippen MR) is 95.7 cm³/mol. The number of fused-ring (bicyclic) bond motifs is 1. The van der Waals surface area contributed by atoms with Crippen LogP contribution in [0, 0.1) is 0 Å². The number of nitrogens with zero attached hydrogens (tertiary/aromatic N) is 2. The molecule has 2 aromatic rings. The zero-order valence-corrected chi connectivity index (χ0v) is 13.7. The van der Waals surface area contributed by atoms with Crippen LogP contribution in [-0.2, 0) is 12.8 Å². The van der Waals surface area contributed by atoms with Crippen molar-refractivity contribution in [2.75, 3.05) is 36.4 Å². The smallest absolute Gasteiger partial charge is 0.256 e. The van der Waals surface area contributed by atoms with E-state index in [2.05, 4.69) is 26.6 Å². The Bertz CT molecular complexity index is 736. The number of aromatic nitrogens is 1. The van der Waals surface area contributed by atoms with Gasteiger partial charge in [-0.25, -0.2) is 4.98 Å². The molecular weight excluding hydrogens is 300 g/mol. The van der Waals surface area contributed by atoms with E-state index < -0.39 is 0 Å². The fraction of sp³-hybridized carbons (Fsp3) is 0.368. The molecule has 5 nitrogen and oxygen atoms in total. The molecule has 4 rings (SSSR count). The predicted octanol–water partition coefficient (Wildman–Crippen LogP) is 2.23. The first kappa shape index (κ1) is 15.1. The van der Waals surface area contributed by atoms with Gasteiger partial charge in [0.15, 0.2) is 0 Å². The zero-order valence-electron chi connectivity index (χ0n) is 13.7. The average Bonchev–Trinajstić information content (AvgIpc) is 3.11. The van der Waals surface area contributed by atoms with Crippen molar-refractivity contribution >= 4 is 17.4 Å². The molecule has 0 bridgehead atoms. The van der Waals surface area contributed by atoms with E-state index in [0.717, 1.165) is 44.7 Å². The number of nitrogens with one attached hydrogen (secondary N) is 2. The van der Waals surface area contributed by atoms with E-state index in [-0.39, 0.29) is 5.91 Å². The Hall–Kier alpha value is -2.40. The topological polar surface area (TPSA) is 57.3 Å². The monoisotopic (exact) mass is 322 g/mol. The minimum atomic E-state index is -0.0906. The fourth-order valence-corrected chi connectivity index (χ4v) is 3.47. The molecule has 0 radical (unpaired) electrons. The molecule has 1 aromatic heterocycles. The molecule has 1 fully saturated rings. The highest BCUT2D eigenvalue weighted by atomic mass is 16.1. The summed E-state index contributed by atoms with van der Waals surface area (Å²) in [4.78, 5) is 19.1. The molecular formula is C19H22N4O. The molecule has 2 aliphatic rings. The quantitative estimate of drug-likeness (QED) is 0.910. The van der Waals surface area contributed by atoms with Crippen LogP contribution in [-0.4, -0.2) is 37.1 Å². The molecule has 24 heavy (non-hydrogen) atoms. The largest absolute Gasteiger partial charge is 0.368 e. The number of piperazine rings is 1. The van der Waals surface area contributed by atoms with Crippen molar-refractivity contribution in [3.05, 3.63) is 53.2 Å². The second-order valence-corrected chi connectivity index (χ2v) is 6.43. The lowest BCUT2D eigenvalue weighted by Gasteiger charge is -2.29. The fourth-order valence-electron chi connectivity index (χ4n) is 3.47. The van der Waals surface area contributed by atoms with E-state index >= 15 is 0 Å². The Balaban J connectivity index is 1.44. The number of hydrogen-bond acceptors (Lipinski definition) is 4. The molecule has 0 saturated carbocycles. The third kappa shape index (κ3) is 3.12. The van der Waals surface area contributed by atoms with Crippen LogP contribution in [0.25, 0.3) is 0 Å². The molecule has 0 spiro atoms. The second kappa shape index (κ2) is 6.61. The van der Waals surface area contributed by atoms with Crippen molar-refractivity contribution in [3.8, 4) is 0 Å². The molecule has 1 saturated heterocycles. The molecule has 0 unspecified atom stereocenters. The van der Waals surface area contributed by atoms with Crippen molar-refractivity contribution < 1.29 is 4.79 Å². The number of amides is 1. The van der Waals surface area contributed by atoms with Crippen LogP contribution in [0.5, 0.6) is 0 Å². The second-order valence-electron chi connectivity index (χ2n) is 6.43. The van der Waals surface area contributed by atoms with Crippen LogP contribution < -0.4 is 15.5 Å². The van der Waals surface area contributed by atoms with Crippen molar-refractivity contribution in [2.45, 2.75) is 19.3 Å². The third-order valence-electron chi connectivity index (χ3n) is 4.83. The van der Waals surface area contributed by atoms with Gasteiger partial charge in [-0.1, -0.05) is 6.07 Å². The van der Waals surface area contributed by atoms with Gasteiger partial charge in [-0.05, 0) is 54.7 Å². The van der Waals surface area contributed by atoms with Crippen molar-refractivity contribution in [2.24, 2.45) is 0 Å². The summed E-state index contributed by atoms with van der Waals surface area (Å²) >= 11 is 0. The molecule has 2 N–H and O–H groups in total. The van der Waals surface area contributed by atoms with Crippen LogP contribution in [0.2, 0.25) is 0 Å². The number of aryl methyl sites for hydroxylation is 2. The lowest BCUT2D eigenvalue weighted by atomic mass is 10.1. The number of carbonyl (C=O) groups excluding carboxylic acids is 1. The Morgan fingerprint density at radius 2 is 1.92 bits per heavy atom. The highest BCUT2D eigenvalue weighted by Crippen LogP contribution is 2.23. The molecule has 1 aromatic carbocycles. The number of carbonyl (C=O) groups is 1. The number of rotatable bonds is 3. The van der Waals surface area contributed by atoms with Crippen LogP contribution in [0.3, 0.4) is 0 Å². The Morgan fingerprint density at radius 1 is 1.08 bits per heavy atom. The molecule has 2 heterocycles. The lowest BCUT2D eigenvalue weighted by Crippen LogP contribution is -2.43. The molecule has 124 valence electrons. The Morgan fingerprint density at radius 3 is 2.71 bits per heavy atom. The zero-order chi connectivity index (χ0) is 16.4. The Labute approximate surface area is 142 Å². The van der Waals surface area contributed by atoms with Crippen molar-refractivity contribution in [1.29, 1.82) is 0 Å². The number of anilines is 2. The summed E-state index contributed by atoms with van der Waals surface area (Å²) in [6.45, 7) is 3.97. The van der Waals surface area contributed by atoms with E-state index in [9.17, 15) is 4.79 Å². The normalized spacial score (nSPS) is 16.8. The first-order chi connectivity index (χ1) is 11.8. The van der Waals surface area contributed by atoms with Crippen LogP contribution >= 0.6 is 0 Å². The van der Waals surface area contributed by atoms with Gasteiger partial charge < -0.3 is 15.5 Å². The lowest BCUT2D eigenvalue weighted by molar-refractivity contribution is 0.102. The van der Waals surface area contributed by atoms with Crippen LogP contribution in [0.15, 0.2) is 36.5 Å². The first-order valence-corrected chi connectivity index (χ1v) is 8.64. The number of benzene rings is 1. The van der Waals surface area contributed by atoms with Gasteiger partial charge in [-0.2, -0.15) is 0 Å². The van der Waals surface area contributed by atoms with E-state index in [1.54, 1.807) is 0 Å². The maximum absolute atomic E-state index is 12.4. The summed E-state index contributed by atoms with van der Waals surface area (Å²) < 4.78 is 0. The van der Waals surface area contributed by atoms with Gasteiger partial charge in [-0.15, -0.1) is 0 Å². The maximum atomic E-state index is 12.4. The SMILES string of the molecule is O=C(Nc1ccc(N2CCNCC2)cn1)c1ccc2c(c1)CCC2. The van der Waals surface area contributed by atoms with Crippen LogP contribution in [0.4, 0.5) is 11.5 Å². The van der Waals surface area contributed by atoms with Crippen molar-refractivity contribution in [3.63, 3.8) is 0 Å². The summed E-state index contributed by atoms with van der Waals surface area (Å²) in [5.74, 6) is 0.506. The standard InChI is InChI=1S/C19H22N4O/c24-19(16-5-4-14-2-1-3-15(14)12-16)22-18-7-6-17(13-21-18)23-10-8-20-9-11-23/h4-7,12-13,20H,1-3,8-11H2,(H,21,22,24). The van der Waals surface area contributed by atoms with Gasteiger partial charge in [0.1, 0.15) is 5.82 Å². The van der Waals surface area contributed by atoms with Gasteiger partial charge in [0.2, 0.25) is 0 Å². The van der Waals surface area contributed by atoms with Gasteiger partial charge in [0.25, 0.3) is 5.91 Å². The molecule has 1 aliphatic heterocycles.